The summed E-state index contributed by atoms with van der Waals surface area (Å²) < 4.78 is 31.2. The molecule has 0 radical (unpaired) electrons. The van der Waals surface area contributed by atoms with Gasteiger partial charge in [-0.25, -0.2) is 4.98 Å². The summed E-state index contributed by atoms with van der Waals surface area (Å²) in [6.07, 6.45) is 2.31. The molecule has 0 fully saturated rings. The van der Waals surface area contributed by atoms with Crippen molar-refractivity contribution in [2.75, 3.05) is 0 Å². The standard InChI is InChI=1S/C12H12F2N4O3/c13-12(14)17-4-3-16-11(17)7-21-10-5-8(6-15)1-2-9(10)18(19)20/h1-5,12H,6-7,15H2. The summed E-state index contributed by atoms with van der Waals surface area (Å²) in [6.45, 7) is -2.89. The summed E-state index contributed by atoms with van der Waals surface area (Å²) >= 11 is 0. The highest BCUT2D eigenvalue weighted by Gasteiger charge is 2.17. The Bertz CT molecular complexity index is 645. The molecule has 1 aromatic heterocycles. The van der Waals surface area contributed by atoms with Crippen molar-refractivity contribution in [3.63, 3.8) is 0 Å². The van der Waals surface area contributed by atoms with Gasteiger partial charge in [0.1, 0.15) is 6.61 Å². The van der Waals surface area contributed by atoms with Gasteiger partial charge in [0.05, 0.1) is 4.92 Å². The van der Waals surface area contributed by atoms with E-state index in [-0.39, 0.29) is 30.4 Å². The number of alkyl halides is 2. The fourth-order valence-electron chi connectivity index (χ4n) is 1.73. The van der Waals surface area contributed by atoms with Gasteiger partial charge < -0.3 is 10.5 Å². The van der Waals surface area contributed by atoms with E-state index in [0.717, 1.165) is 6.20 Å². The number of rotatable bonds is 6. The molecular weight excluding hydrogens is 286 g/mol. The van der Waals surface area contributed by atoms with Crippen molar-refractivity contribution in [2.24, 2.45) is 5.73 Å². The van der Waals surface area contributed by atoms with E-state index < -0.39 is 11.5 Å². The van der Waals surface area contributed by atoms with Crippen molar-refractivity contribution in [3.05, 3.63) is 52.1 Å². The second-order valence-corrected chi connectivity index (χ2v) is 4.08. The van der Waals surface area contributed by atoms with Crippen LogP contribution in [0.15, 0.2) is 30.6 Å². The summed E-state index contributed by atoms with van der Waals surface area (Å²) in [5.41, 5.74) is 5.83. The zero-order valence-electron chi connectivity index (χ0n) is 10.8. The normalized spacial score (nSPS) is 10.9. The molecule has 0 bridgehead atoms. The van der Waals surface area contributed by atoms with E-state index in [2.05, 4.69) is 4.98 Å². The van der Waals surface area contributed by atoms with E-state index in [1.54, 1.807) is 0 Å². The molecule has 112 valence electrons. The number of imidazole rings is 1. The molecule has 0 amide bonds. The lowest BCUT2D eigenvalue weighted by Gasteiger charge is -2.09. The van der Waals surface area contributed by atoms with Crippen LogP contribution in [0.3, 0.4) is 0 Å². The number of hydrogen-bond donors (Lipinski definition) is 1. The molecule has 0 atom stereocenters. The van der Waals surface area contributed by atoms with E-state index >= 15 is 0 Å². The Morgan fingerprint density at radius 3 is 2.86 bits per heavy atom. The van der Waals surface area contributed by atoms with Crippen LogP contribution in [0.5, 0.6) is 5.75 Å². The Kier molecular flexibility index (Phi) is 4.43. The van der Waals surface area contributed by atoms with Crippen LogP contribution in [0.1, 0.15) is 17.9 Å². The summed E-state index contributed by atoms with van der Waals surface area (Å²) in [5, 5.41) is 10.9. The van der Waals surface area contributed by atoms with E-state index in [1.165, 1.54) is 24.4 Å². The molecule has 9 heteroatoms. The summed E-state index contributed by atoms with van der Waals surface area (Å²) in [5.74, 6) is -0.0655. The van der Waals surface area contributed by atoms with Crippen LogP contribution in [0.4, 0.5) is 14.5 Å². The zero-order valence-corrected chi connectivity index (χ0v) is 10.8. The third-order valence-electron chi connectivity index (χ3n) is 2.77. The smallest absolute Gasteiger partial charge is 0.320 e. The van der Waals surface area contributed by atoms with E-state index in [0.29, 0.717) is 10.1 Å². The largest absolute Gasteiger partial charge is 0.479 e. The maximum Gasteiger partial charge on any atom is 0.320 e. The van der Waals surface area contributed by atoms with Crippen LogP contribution >= 0.6 is 0 Å². The molecule has 0 unspecified atom stereocenters. The van der Waals surface area contributed by atoms with Gasteiger partial charge in [0.15, 0.2) is 11.6 Å². The zero-order chi connectivity index (χ0) is 15.4. The third kappa shape index (κ3) is 3.31. The summed E-state index contributed by atoms with van der Waals surface area (Å²) in [7, 11) is 0. The van der Waals surface area contributed by atoms with Crippen molar-refractivity contribution >= 4 is 5.69 Å². The van der Waals surface area contributed by atoms with Crippen LogP contribution in [0, 0.1) is 10.1 Å². The summed E-state index contributed by atoms with van der Waals surface area (Å²) in [6, 6.07) is 4.18. The van der Waals surface area contributed by atoms with Gasteiger partial charge in [-0.3, -0.25) is 14.7 Å². The average molecular weight is 298 g/mol. The molecular formula is C12H12F2N4O3. The van der Waals surface area contributed by atoms with E-state index in [9.17, 15) is 18.9 Å². The maximum absolute atomic E-state index is 12.7. The van der Waals surface area contributed by atoms with Crippen molar-refractivity contribution in [1.29, 1.82) is 0 Å². The van der Waals surface area contributed by atoms with Gasteiger partial charge in [0.25, 0.3) is 0 Å². The van der Waals surface area contributed by atoms with Crippen molar-refractivity contribution in [1.82, 2.24) is 9.55 Å². The molecule has 0 spiro atoms. The maximum atomic E-state index is 12.7. The van der Waals surface area contributed by atoms with Crippen LogP contribution in [0.25, 0.3) is 0 Å². The van der Waals surface area contributed by atoms with Crippen LogP contribution in [0.2, 0.25) is 0 Å². The summed E-state index contributed by atoms with van der Waals surface area (Å²) in [4.78, 5) is 14.0. The Morgan fingerprint density at radius 2 is 2.24 bits per heavy atom. The van der Waals surface area contributed by atoms with Gasteiger partial charge >= 0.3 is 12.2 Å². The number of nitrogens with two attached hydrogens (primary N) is 1. The molecule has 7 nitrogen and oxygen atoms in total. The first-order chi connectivity index (χ1) is 10.0. The number of nitro groups is 1. The SMILES string of the molecule is NCc1ccc([N+](=O)[O-])c(OCc2nccn2C(F)F)c1. The molecule has 0 aliphatic carbocycles. The quantitative estimate of drug-likeness (QED) is 0.651. The van der Waals surface area contributed by atoms with Crippen molar-refractivity contribution in [2.45, 2.75) is 19.7 Å². The molecule has 2 aromatic rings. The minimum atomic E-state index is -2.75. The van der Waals surface area contributed by atoms with E-state index in [1.807, 2.05) is 0 Å². The predicted molar refractivity (Wildman–Crippen MR) is 68.8 cm³/mol. The second-order valence-electron chi connectivity index (χ2n) is 4.08. The molecule has 0 aliphatic heterocycles. The highest BCUT2D eigenvalue weighted by molar-refractivity contribution is 5.48. The predicted octanol–water partition coefficient (Wildman–Crippen LogP) is 2.22. The average Bonchev–Trinajstić information content (AvgIpc) is 2.93. The Morgan fingerprint density at radius 1 is 1.48 bits per heavy atom. The van der Waals surface area contributed by atoms with Crippen LogP contribution in [-0.2, 0) is 13.2 Å². The molecule has 1 heterocycles. The Labute approximate surface area is 118 Å². The van der Waals surface area contributed by atoms with Gasteiger partial charge in [0, 0.05) is 25.0 Å². The van der Waals surface area contributed by atoms with Crippen molar-refractivity contribution in [3.8, 4) is 5.75 Å². The topological polar surface area (TPSA) is 96.2 Å². The second kappa shape index (κ2) is 6.27. The first kappa shape index (κ1) is 14.9. The van der Waals surface area contributed by atoms with Gasteiger partial charge in [-0.15, -0.1) is 0 Å². The Balaban J connectivity index is 2.22. The Hall–Kier alpha value is -2.55. The number of halogens is 2. The monoisotopic (exact) mass is 298 g/mol. The van der Waals surface area contributed by atoms with Gasteiger partial charge in [-0.2, -0.15) is 8.78 Å². The number of nitrogens with zero attached hydrogens (tertiary/aromatic N) is 3. The number of nitro benzene ring substituents is 1. The molecule has 0 saturated heterocycles. The van der Waals surface area contributed by atoms with Gasteiger partial charge in [-0.05, 0) is 11.6 Å². The lowest BCUT2D eigenvalue weighted by molar-refractivity contribution is -0.386. The molecule has 21 heavy (non-hydrogen) atoms. The number of benzene rings is 1. The van der Waals surface area contributed by atoms with Gasteiger partial charge in [-0.1, -0.05) is 6.07 Å². The molecule has 2 N–H and O–H groups in total. The first-order valence-corrected chi connectivity index (χ1v) is 5.93. The number of aromatic nitrogens is 2. The number of ether oxygens (including phenoxy) is 1. The highest BCUT2D eigenvalue weighted by atomic mass is 19.3. The molecule has 0 aliphatic rings. The fourth-order valence-corrected chi connectivity index (χ4v) is 1.73. The van der Waals surface area contributed by atoms with Crippen LogP contribution < -0.4 is 10.5 Å². The fraction of sp³-hybridized carbons (Fsp3) is 0.250. The number of hydrogen-bond acceptors (Lipinski definition) is 5. The van der Waals surface area contributed by atoms with Crippen molar-refractivity contribution < 1.29 is 18.4 Å². The van der Waals surface area contributed by atoms with Crippen LogP contribution in [-0.4, -0.2) is 14.5 Å². The lowest BCUT2D eigenvalue weighted by atomic mass is 10.2. The third-order valence-corrected chi connectivity index (χ3v) is 2.77. The lowest BCUT2D eigenvalue weighted by Crippen LogP contribution is -2.08. The molecule has 1 aromatic carbocycles. The highest BCUT2D eigenvalue weighted by Crippen LogP contribution is 2.28. The minimum Gasteiger partial charge on any atom is -0.479 e. The minimum absolute atomic E-state index is 0.0301. The first-order valence-electron chi connectivity index (χ1n) is 5.93. The van der Waals surface area contributed by atoms with Gasteiger partial charge in [0.2, 0.25) is 0 Å². The molecule has 2 rings (SSSR count). The molecule has 0 saturated carbocycles. The van der Waals surface area contributed by atoms with E-state index in [4.69, 9.17) is 10.5 Å².